The number of rotatable bonds is 5. The number of halogens is 1. The molecule has 1 aromatic heterocycles. The van der Waals surface area contributed by atoms with Crippen molar-refractivity contribution in [3.05, 3.63) is 71.1 Å². The van der Waals surface area contributed by atoms with Crippen molar-refractivity contribution < 1.29 is 4.52 Å². The summed E-state index contributed by atoms with van der Waals surface area (Å²) in [6.45, 7) is 8.44. The lowest BCUT2D eigenvalue weighted by Crippen LogP contribution is -2.47. The average molecular weight is 397 g/mol. The minimum atomic E-state index is 0.0998. The molecule has 146 valence electrons. The van der Waals surface area contributed by atoms with Crippen molar-refractivity contribution in [2.75, 3.05) is 26.2 Å². The first-order valence-corrected chi connectivity index (χ1v) is 10.1. The molecule has 0 spiro atoms. The molecule has 0 radical (unpaired) electrons. The van der Waals surface area contributed by atoms with E-state index in [0.717, 1.165) is 31.7 Å². The van der Waals surface area contributed by atoms with Gasteiger partial charge in [0.15, 0.2) is 0 Å². The van der Waals surface area contributed by atoms with E-state index in [4.69, 9.17) is 16.1 Å². The van der Waals surface area contributed by atoms with E-state index < -0.39 is 0 Å². The summed E-state index contributed by atoms with van der Waals surface area (Å²) in [5.74, 6) is 1.27. The zero-order chi connectivity index (χ0) is 19.5. The molecule has 28 heavy (non-hydrogen) atoms. The van der Waals surface area contributed by atoms with Crippen molar-refractivity contribution in [3.63, 3.8) is 0 Å². The Bertz CT molecular complexity index is 888. The van der Waals surface area contributed by atoms with Crippen molar-refractivity contribution >= 4 is 11.6 Å². The largest absolute Gasteiger partial charge is 0.337 e. The molecule has 2 atom stereocenters. The third kappa shape index (κ3) is 4.12. The van der Waals surface area contributed by atoms with Gasteiger partial charge in [-0.15, -0.1) is 0 Å². The van der Waals surface area contributed by atoms with Gasteiger partial charge >= 0.3 is 0 Å². The van der Waals surface area contributed by atoms with E-state index in [-0.39, 0.29) is 6.04 Å². The highest BCUT2D eigenvalue weighted by atomic mass is 35.5. The first-order chi connectivity index (χ1) is 13.6. The molecular weight excluding hydrogens is 372 g/mol. The highest BCUT2D eigenvalue weighted by Crippen LogP contribution is 2.27. The quantitative estimate of drug-likeness (QED) is 0.618. The zero-order valence-electron chi connectivity index (χ0n) is 16.3. The molecule has 1 aliphatic rings. The fourth-order valence-electron chi connectivity index (χ4n) is 3.73. The lowest BCUT2D eigenvalue weighted by molar-refractivity contribution is 0.0678. The number of hydrogen-bond acceptors (Lipinski definition) is 5. The molecular formula is C22H25ClN4O. The molecule has 5 nitrogen and oxygen atoms in total. The Balaban J connectivity index is 1.38. The van der Waals surface area contributed by atoms with Crippen LogP contribution in [0.5, 0.6) is 0 Å². The van der Waals surface area contributed by atoms with Crippen LogP contribution in [0.15, 0.2) is 59.1 Å². The Morgan fingerprint density at radius 2 is 1.46 bits per heavy atom. The van der Waals surface area contributed by atoms with Crippen LogP contribution in [0.1, 0.15) is 37.4 Å². The Kier molecular flexibility index (Phi) is 5.76. The van der Waals surface area contributed by atoms with Crippen LogP contribution < -0.4 is 0 Å². The summed E-state index contributed by atoms with van der Waals surface area (Å²) in [5, 5.41) is 4.85. The summed E-state index contributed by atoms with van der Waals surface area (Å²) < 4.78 is 5.56. The first-order valence-electron chi connectivity index (χ1n) is 9.74. The Morgan fingerprint density at radius 3 is 2.11 bits per heavy atom. The van der Waals surface area contributed by atoms with E-state index in [0.29, 0.717) is 22.8 Å². The topological polar surface area (TPSA) is 45.4 Å². The molecule has 3 aromatic rings. The number of nitrogens with zero attached hydrogens (tertiary/aromatic N) is 4. The van der Waals surface area contributed by atoms with Gasteiger partial charge in [-0.1, -0.05) is 47.1 Å². The summed E-state index contributed by atoms with van der Waals surface area (Å²) >= 11 is 5.95. The molecule has 0 saturated carbocycles. The molecule has 0 aliphatic carbocycles. The lowest BCUT2D eigenvalue weighted by Gasteiger charge is -2.39. The van der Waals surface area contributed by atoms with E-state index in [1.54, 1.807) is 0 Å². The van der Waals surface area contributed by atoms with Crippen molar-refractivity contribution in [2.45, 2.75) is 25.9 Å². The summed E-state index contributed by atoms with van der Waals surface area (Å²) in [7, 11) is 0. The van der Waals surface area contributed by atoms with Crippen molar-refractivity contribution in [1.29, 1.82) is 0 Å². The average Bonchev–Trinajstić information content (AvgIpc) is 3.24. The van der Waals surface area contributed by atoms with Gasteiger partial charge in [0.05, 0.1) is 6.04 Å². The van der Waals surface area contributed by atoms with Gasteiger partial charge in [0.1, 0.15) is 0 Å². The third-order valence-corrected chi connectivity index (χ3v) is 5.88. The van der Waals surface area contributed by atoms with Gasteiger partial charge in [-0.2, -0.15) is 4.98 Å². The molecule has 6 heteroatoms. The summed E-state index contributed by atoms with van der Waals surface area (Å²) in [6.07, 6.45) is 0. The monoisotopic (exact) mass is 396 g/mol. The molecule has 4 rings (SSSR count). The molecule has 0 unspecified atom stereocenters. The second-order valence-corrected chi connectivity index (χ2v) is 7.73. The van der Waals surface area contributed by atoms with Crippen molar-refractivity contribution in [1.82, 2.24) is 19.9 Å². The Labute approximate surface area is 170 Å². The fourth-order valence-corrected chi connectivity index (χ4v) is 3.86. The first kappa shape index (κ1) is 19.1. The van der Waals surface area contributed by atoms with E-state index in [1.165, 1.54) is 5.56 Å². The fraction of sp³-hybridized carbons (Fsp3) is 0.364. The Morgan fingerprint density at radius 1 is 0.857 bits per heavy atom. The molecule has 2 heterocycles. The molecule has 0 bridgehead atoms. The minimum absolute atomic E-state index is 0.0998. The highest BCUT2D eigenvalue weighted by Gasteiger charge is 2.28. The van der Waals surface area contributed by atoms with E-state index in [1.807, 2.05) is 24.3 Å². The summed E-state index contributed by atoms with van der Waals surface area (Å²) in [5.41, 5.74) is 2.28. The normalized spacial score (nSPS) is 18.1. The van der Waals surface area contributed by atoms with Crippen LogP contribution in [0.2, 0.25) is 5.02 Å². The summed E-state index contributed by atoms with van der Waals surface area (Å²) in [6, 6.07) is 18.7. The van der Waals surface area contributed by atoms with Crippen LogP contribution in [-0.4, -0.2) is 46.1 Å². The van der Waals surface area contributed by atoms with Crippen molar-refractivity contribution in [2.24, 2.45) is 0 Å². The Hall–Kier alpha value is -2.21. The molecule has 1 fully saturated rings. The minimum Gasteiger partial charge on any atom is -0.337 e. The van der Waals surface area contributed by atoms with Crippen LogP contribution in [0.3, 0.4) is 0 Å². The second kappa shape index (κ2) is 8.43. The smallest absolute Gasteiger partial charge is 0.244 e. The van der Waals surface area contributed by atoms with Gasteiger partial charge in [-0.25, -0.2) is 0 Å². The maximum absolute atomic E-state index is 5.95. The predicted octanol–water partition coefficient (Wildman–Crippen LogP) is 4.83. The van der Waals surface area contributed by atoms with Crippen molar-refractivity contribution in [3.8, 4) is 11.4 Å². The summed E-state index contributed by atoms with van der Waals surface area (Å²) in [4.78, 5) is 9.55. The van der Waals surface area contributed by atoms with Crippen LogP contribution in [0.4, 0.5) is 0 Å². The molecule has 0 amide bonds. The van der Waals surface area contributed by atoms with Crippen LogP contribution >= 0.6 is 11.6 Å². The maximum Gasteiger partial charge on any atom is 0.244 e. The molecule has 1 aliphatic heterocycles. The molecule has 0 N–H and O–H groups in total. The molecule has 1 saturated heterocycles. The number of aromatic nitrogens is 2. The van der Waals surface area contributed by atoms with Crippen LogP contribution in [0, 0.1) is 0 Å². The van der Waals surface area contributed by atoms with Gasteiger partial charge in [0.25, 0.3) is 0 Å². The molecule has 2 aromatic carbocycles. The maximum atomic E-state index is 5.95. The number of benzene rings is 2. The lowest BCUT2D eigenvalue weighted by atomic mass is 10.1. The zero-order valence-corrected chi connectivity index (χ0v) is 17.0. The van der Waals surface area contributed by atoms with Gasteiger partial charge in [-0.3, -0.25) is 9.80 Å². The SMILES string of the molecule is C[C@@H](c1ccccc1)N1CCN([C@@H](C)c2nc(-c3ccc(Cl)cc3)no2)CC1. The van der Waals surface area contributed by atoms with Crippen LogP contribution in [0.25, 0.3) is 11.4 Å². The van der Waals surface area contributed by atoms with E-state index >= 15 is 0 Å². The van der Waals surface area contributed by atoms with Crippen LogP contribution in [-0.2, 0) is 0 Å². The van der Waals surface area contributed by atoms with E-state index in [9.17, 15) is 0 Å². The van der Waals surface area contributed by atoms with Gasteiger partial charge in [0.2, 0.25) is 11.7 Å². The standard InChI is InChI=1S/C22H25ClN4O/c1-16(18-6-4-3-5-7-18)26-12-14-27(15-13-26)17(2)22-24-21(25-28-22)19-8-10-20(23)11-9-19/h3-11,16-17H,12-15H2,1-2H3/t16-,17-/m0/s1. The van der Waals surface area contributed by atoms with Gasteiger partial charge < -0.3 is 4.52 Å². The second-order valence-electron chi connectivity index (χ2n) is 7.30. The van der Waals surface area contributed by atoms with Gasteiger partial charge in [-0.05, 0) is 43.7 Å². The third-order valence-electron chi connectivity index (χ3n) is 5.63. The predicted molar refractivity (Wildman–Crippen MR) is 111 cm³/mol. The van der Waals surface area contributed by atoms with Gasteiger partial charge in [0, 0.05) is 42.8 Å². The number of hydrogen-bond donors (Lipinski definition) is 0. The number of piperazine rings is 1. The van der Waals surface area contributed by atoms with E-state index in [2.05, 4.69) is 64.1 Å². The highest BCUT2D eigenvalue weighted by molar-refractivity contribution is 6.30.